The van der Waals surface area contributed by atoms with E-state index in [-0.39, 0.29) is 11.6 Å². The third kappa shape index (κ3) is 3.09. The van der Waals surface area contributed by atoms with Gasteiger partial charge in [0.25, 0.3) is 5.56 Å². The lowest BCUT2D eigenvalue weighted by molar-refractivity contribution is 0.478. The Morgan fingerprint density at radius 3 is 2.96 bits per heavy atom. The first-order chi connectivity index (χ1) is 13.6. The van der Waals surface area contributed by atoms with Gasteiger partial charge in [0.1, 0.15) is 5.82 Å². The van der Waals surface area contributed by atoms with Crippen LogP contribution in [-0.4, -0.2) is 42.7 Å². The number of aryl methyl sites for hydroxylation is 3. The number of hydrogen-bond acceptors (Lipinski definition) is 6. The van der Waals surface area contributed by atoms with Gasteiger partial charge in [-0.2, -0.15) is 26.5 Å². The second-order valence-corrected chi connectivity index (χ2v) is 8.85. The summed E-state index contributed by atoms with van der Waals surface area (Å²) in [5.41, 5.74) is 5.03. The van der Waals surface area contributed by atoms with Crippen LogP contribution in [0.3, 0.4) is 0 Å². The van der Waals surface area contributed by atoms with Crippen molar-refractivity contribution in [2.75, 3.05) is 17.2 Å². The molecular formula is C20H24N6OS. The summed E-state index contributed by atoms with van der Waals surface area (Å²) in [7, 11) is 0. The molecule has 28 heavy (non-hydrogen) atoms. The average molecular weight is 397 g/mol. The highest BCUT2D eigenvalue weighted by Gasteiger charge is 2.28. The molecule has 0 aromatic carbocycles. The molecule has 1 atom stereocenters. The molecule has 0 bridgehead atoms. The Balaban J connectivity index is 1.50. The second kappa shape index (κ2) is 6.92. The monoisotopic (exact) mass is 396 g/mol. The first kappa shape index (κ1) is 17.7. The van der Waals surface area contributed by atoms with Crippen LogP contribution in [0.1, 0.15) is 35.5 Å². The average Bonchev–Trinajstić information content (AvgIpc) is 3.27. The Bertz CT molecular complexity index is 1100. The molecule has 2 aliphatic rings. The highest BCUT2D eigenvalue weighted by Crippen LogP contribution is 2.28. The van der Waals surface area contributed by atoms with Crippen LogP contribution < -0.4 is 10.5 Å². The molecule has 0 saturated carbocycles. The maximum absolute atomic E-state index is 12.6. The van der Waals surface area contributed by atoms with Gasteiger partial charge in [-0.1, -0.05) is 0 Å². The van der Waals surface area contributed by atoms with Crippen LogP contribution in [0.5, 0.6) is 0 Å². The highest BCUT2D eigenvalue weighted by atomic mass is 32.2. The van der Waals surface area contributed by atoms with Gasteiger partial charge in [0.2, 0.25) is 0 Å². The summed E-state index contributed by atoms with van der Waals surface area (Å²) in [6, 6.07) is 6.13. The normalized spacial score (nSPS) is 19.4. The number of anilines is 1. The minimum absolute atomic E-state index is 0.0130. The summed E-state index contributed by atoms with van der Waals surface area (Å²) in [6.07, 6.45) is 3.10. The van der Waals surface area contributed by atoms with Crippen LogP contribution in [0.4, 0.5) is 5.82 Å². The molecule has 0 amide bonds. The lowest BCUT2D eigenvalue weighted by Gasteiger charge is -2.27. The topological polar surface area (TPSA) is 68.3 Å². The van der Waals surface area contributed by atoms with Crippen molar-refractivity contribution in [3.63, 3.8) is 0 Å². The van der Waals surface area contributed by atoms with Crippen molar-refractivity contribution in [3.05, 3.63) is 51.2 Å². The summed E-state index contributed by atoms with van der Waals surface area (Å²) in [6.45, 7) is 5.58. The van der Waals surface area contributed by atoms with Crippen molar-refractivity contribution in [2.24, 2.45) is 0 Å². The molecule has 0 radical (unpaired) electrons. The van der Waals surface area contributed by atoms with Crippen LogP contribution in [0, 0.1) is 13.8 Å². The van der Waals surface area contributed by atoms with E-state index >= 15 is 0 Å². The fourth-order valence-electron chi connectivity index (χ4n) is 4.31. The lowest BCUT2D eigenvalue weighted by atomic mass is 10.2. The Hall–Kier alpha value is -2.35. The number of nitrogens with zero attached hydrogens (tertiary/aromatic N) is 6. The molecule has 0 aliphatic carbocycles. The third-order valence-corrected chi connectivity index (χ3v) is 6.63. The Labute approximate surface area is 167 Å². The first-order valence-corrected chi connectivity index (χ1v) is 11.0. The van der Waals surface area contributed by atoms with Gasteiger partial charge >= 0.3 is 0 Å². The Morgan fingerprint density at radius 1 is 1.18 bits per heavy atom. The van der Waals surface area contributed by atoms with E-state index in [0.29, 0.717) is 6.54 Å². The van der Waals surface area contributed by atoms with Crippen LogP contribution in [-0.2, 0) is 18.7 Å². The minimum Gasteiger partial charge on any atom is -0.352 e. The van der Waals surface area contributed by atoms with Gasteiger partial charge in [-0.15, -0.1) is 0 Å². The van der Waals surface area contributed by atoms with E-state index in [1.807, 2.05) is 36.2 Å². The summed E-state index contributed by atoms with van der Waals surface area (Å²) < 4.78 is 3.61. The fraction of sp³-hybridized carbons (Fsp3) is 0.500. The van der Waals surface area contributed by atoms with Gasteiger partial charge in [0, 0.05) is 42.6 Å². The Kier molecular flexibility index (Phi) is 4.38. The van der Waals surface area contributed by atoms with E-state index in [1.165, 1.54) is 0 Å². The standard InChI is InChI=1S/C20H24N6OS/c1-13-9-19(26-18(21-13)8-14(2)22-26)24-6-3-4-16(24)11-25-20(27)10-15-12-28-7-5-17(15)23-25/h8-10,16H,3-7,11-12H2,1-2H3. The van der Waals surface area contributed by atoms with Crippen LogP contribution in [0.25, 0.3) is 5.65 Å². The molecule has 5 rings (SSSR count). The first-order valence-electron chi connectivity index (χ1n) is 9.87. The van der Waals surface area contributed by atoms with Gasteiger partial charge in [-0.3, -0.25) is 4.79 Å². The second-order valence-electron chi connectivity index (χ2n) is 7.74. The van der Waals surface area contributed by atoms with Gasteiger partial charge in [-0.05, 0) is 38.0 Å². The zero-order valence-electron chi connectivity index (χ0n) is 16.3. The molecule has 7 nitrogen and oxygen atoms in total. The maximum atomic E-state index is 12.6. The summed E-state index contributed by atoms with van der Waals surface area (Å²) >= 11 is 1.88. The van der Waals surface area contributed by atoms with Gasteiger partial charge in [0.15, 0.2) is 5.65 Å². The quantitative estimate of drug-likeness (QED) is 0.677. The molecule has 146 valence electrons. The van der Waals surface area contributed by atoms with E-state index in [0.717, 1.165) is 71.4 Å². The van der Waals surface area contributed by atoms with Crippen molar-refractivity contribution in [1.29, 1.82) is 0 Å². The predicted octanol–water partition coefficient (Wildman–Crippen LogP) is 2.36. The van der Waals surface area contributed by atoms with E-state index in [9.17, 15) is 4.79 Å². The van der Waals surface area contributed by atoms with Crippen molar-refractivity contribution in [2.45, 2.75) is 51.4 Å². The van der Waals surface area contributed by atoms with E-state index in [2.05, 4.69) is 21.0 Å². The number of thioether (sulfide) groups is 1. The molecule has 1 unspecified atom stereocenters. The molecule has 0 N–H and O–H groups in total. The van der Waals surface area contributed by atoms with Crippen LogP contribution in [0.15, 0.2) is 23.0 Å². The summed E-state index contributed by atoms with van der Waals surface area (Å²) in [4.78, 5) is 19.6. The van der Waals surface area contributed by atoms with Gasteiger partial charge in [0.05, 0.1) is 24.0 Å². The number of rotatable bonds is 3. The molecule has 5 heterocycles. The zero-order chi connectivity index (χ0) is 19.3. The van der Waals surface area contributed by atoms with Crippen molar-refractivity contribution >= 4 is 23.2 Å². The zero-order valence-corrected chi connectivity index (χ0v) is 17.1. The SMILES string of the molecule is Cc1cc(N2CCCC2Cn2nc3c(cc2=O)CSCC3)n2nc(C)cc2n1. The van der Waals surface area contributed by atoms with E-state index in [4.69, 9.17) is 5.10 Å². The maximum Gasteiger partial charge on any atom is 0.267 e. The molecule has 1 fully saturated rings. The minimum atomic E-state index is 0.0130. The van der Waals surface area contributed by atoms with Crippen molar-refractivity contribution in [1.82, 2.24) is 24.4 Å². The third-order valence-electron chi connectivity index (χ3n) is 5.62. The van der Waals surface area contributed by atoms with Gasteiger partial charge in [-0.25, -0.2) is 9.67 Å². The Morgan fingerprint density at radius 2 is 2.07 bits per heavy atom. The number of aromatic nitrogens is 5. The lowest BCUT2D eigenvalue weighted by Crippen LogP contribution is -2.38. The number of fused-ring (bicyclic) bond motifs is 2. The molecule has 3 aromatic heterocycles. The summed E-state index contributed by atoms with van der Waals surface area (Å²) in [5.74, 6) is 3.04. The van der Waals surface area contributed by atoms with Crippen molar-refractivity contribution in [3.8, 4) is 0 Å². The molecule has 3 aromatic rings. The molecule has 2 aliphatic heterocycles. The molecule has 1 saturated heterocycles. The van der Waals surface area contributed by atoms with Crippen LogP contribution >= 0.6 is 11.8 Å². The fourth-order valence-corrected chi connectivity index (χ4v) is 5.26. The van der Waals surface area contributed by atoms with E-state index in [1.54, 1.807) is 10.7 Å². The smallest absolute Gasteiger partial charge is 0.267 e. The predicted molar refractivity (Wildman–Crippen MR) is 111 cm³/mol. The van der Waals surface area contributed by atoms with Crippen molar-refractivity contribution < 1.29 is 0 Å². The van der Waals surface area contributed by atoms with Crippen LogP contribution in [0.2, 0.25) is 0 Å². The molecular weight excluding hydrogens is 372 g/mol. The number of hydrogen-bond donors (Lipinski definition) is 0. The van der Waals surface area contributed by atoms with Gasteiger partial charge < -0.3 is 4.90 Å². The highest BCUT2D eigenvalue weighted by molar-refractivity contribution is 7.98. The largest absolute Gasteiger partial charge is 0.352 e. The van der Waals surface area contributed by atoms with E-state index < -0.39 is 0 Å². The summed E-state index contributed by atoms with van der Waals surface area (Å²) in [5, 5.41) is 9.36. The molecule has 0 spiro atoms. The molecule has 8 heteroatoms.